The zero-order valence-electron chi connectivity index (χ0n) is 18.1. The van der Waals surface area contributed by atoms with Gasteiger partial charge in [-0.2, -0.15) is 4.68 Å². The van der Waals surface area contributed by atoms with Crippen molar-refractivity contribution in [2.45, 2.75) is 29.9 Å². The van der Waals surface area contributed by atoms with Gasteiger partial charge in [-0.15, -0.1) is 16.9 Å². The average Bonchev–Trinajstić information content (AvgIpc) is 3.31. The van der Waals surface area contributed by atoms with Crippen LogP contribution in [0, 0.1) is 0 Å². The van der Waals surface area contributed by atoms with Crippen molar-refractivity contribution in [3.8, 4) is 5.69 Å². The summed E-state index contributed by atoms with van der Waals surface area (Å²) in [6, 6.07) is 27.6. The first kappa shape index (κ1) is 21.8. The normalized spacial score (nSPS) is 11.3. The molecular weight excluding hydrogens is 418 g/mol. The smallest absolute Gasteiger partial charge is 0.252 e. The number of carbonyl (C=O) groups is 1. The number of nitrogens with zero attached hydrogens (tertiary/aromatic N) is 4. The van der Waals surface area contributed by atoms with E-state index < -0.39 is 0 Å². The minimum Gasteiger partial charge on any atom is -0.351 e. The first-order valence-corrected chi connectivity index (χ1v) is 11.4. The summed E-state index contributed by atoms with van der Waals surface area (Å²) >= 11 is 1.55. The predicted molar refractivity (Wildman–Crippen MR) is 127 cm³/mol. The van der Waals surface area contributed by atoms with Crippen molar-refractivity contribution in [1.29, 1.82) is 0 Å². The molecule has 1 aromatic heterocycles. The Bertz CT molecular complexity index is 1180. The molecule has 0 atom stereocenters. The van der Waals surface area contributed by atoms with Crippen LogP contribution in [0.15, 0.2) is 89.8 Å². The van der Waals surface area contributed by atoms with Crippen LogP contribution in [0.5, 0.6) is 0 Å². The van der Waals surface area contributed by atoms with Crippen molar-refractivity contribution >= 4 is 17.7 Å². The molecule has 3 aromatic carbocycles. The summed E-state index contributed by atoms with van der Waals surface area (Å²) in [7, 11) is 0. The summed E-state index contributed by atoms with van der Waals surface area (Å²) in [6.45, 7) is 4.81. The monoisotopic (exact) mass is 443 g/mol. The van der Waals surface area contributed by atoms with Crippen LogP contribution in [-0.2, 0) is 11.2 Å². The van der Waals surface area contributed by atoms with Gasteiger partial charge in [0.1, 0.15) is 0 Å². The second-order valence-electron chi connectivity index (χ2n) is 8.06. The van der Waals surface area contributed by atoms with E-state index in [1.807, 2.05) is 72.8 Å². The predicted octanol–water partition coefficient (Wildman–Crippen LogP) is 4.66. The van der Waals surface area contributed by atoms with Gasteiger partial charge >= 0.3 is 0 Å². The van der Waals surface area contributed by atoms with Crippen molar-refractivity contribution in [1.82, 2.24) is 25.5 Å². The van der Waals surface area contributed by atoms with E-state index in [-0.39, 0.29) is 11.3 Å². The van der Waals surface area contributed by atoms with Crippen LogP contribution >= 0.6 is 11.8 Å². The largest absolute Gasteiger partial charge is 0.351 e. The third kappa shape index (κ3) is 5.06. The highest BCUT2D eigenvalue weighted by atomic mass is 32.2. The molecule has 1 amide bonds. The molecule has 0 radical (unpaired) electrons. The maximum Gasteiger partial charge on any atom is 0.252 e. The number of carbonyl (C=O) groups excluding carboxylic acids is 1. The molecule has 0 aliphatic heterocycles. The van der Waals surface area contributed by atoms with Gasteiger partial charge < -0.3 is 5.32 Å². The lowest BCUT2D eigenvalue weighted by Crippen LogP contribution is -2.36. The number of hydrogen-bond acceptors (Lipinski definition) is 5. The minimum absolute atomic E-state index is 0.0836. The molecule has 4 aromatic rings. The molecule has 0 aliphatic carbocycles. The Labute approximate surface area is 192 Å². The molecule has 32 heavy (non-hydrogen) atoms. The number of tetrazole rings is 1. The number of benzene rings is 3. The molecule has 0 aliphatic rings. The SMILES string of the molecule is CC(C)(CNC(=O)c1ccccc1SCc1nnnn1-c1ccccc1)c1ccccc1. The lowest BCUT2D eigenvalue weighted by Gasteiger charge is -2.25. The topological polar surface area (TPSA) is 72.7 Å². The maximum atomic E-state index is 13.0. The molecule has 0 spiro atoms. The zero-order valence-corrected chi connectivity index (χ0v) is 18.9. The van der Waals surface area contributed by atoms with Gasteiger partial charge in [0, 0.05) is 16.9 Å². The third-order valence-corrected chi connectivity index (χ3v) is 6.34. The highest BCUT2D eigenvalue weighted by Gasteiger charge is 2.22. The van der Waals surface area contributed by atoms with E-state index in [0.29, 0.717) is 17.9 Å². The van der Waals surface area contributed by atoms with Crippen LogP contribution in [0.4, 0.5) is 0 Å². The van der Waals surface area contributed by atoms with Gasteiger partial charge in [-0.1, -0.05) is 74.5 Å². The molecule has 6 nitrogen and oxygen atoms in total. The fourth-order valence-corrected chi connectivity index (χ4v) is 4.33. The molecule has 1 N–H and O–H groups in total. The Morgan fingerprint density at radius 1 is 0.938 bits per heavy atom. The number of aromatic nitrogens is 4. The van der Waals surface area contributed by atoms with Crippen molar-refractivity contribution in [3.63, 3.8) is 0 Å². The third-order valence-electron chi connectivity index (χ3n) is 5.27. The van der Waals surface area contributed by atoms with E-state index in [4.69, 9.17) is 0 Å². The molecule has 162 valence electrons. The second-order valence-corrected chi connectivity index (χ2v) is 9.08. The first-order chi connectivity index (χ1) is 15.5. The van der Waals surface area contributed by atoms with Gasteiger partial charge in [-0.25, -0.2) is 0 Å². The van der Waals surface area contributed by atoms with E-state index >= 15 is 0 Å². The van der Waals surface area contributed by atoms with Crippen molar-refractivity contribution < 1.29 is 4.79 Å². The van der Waals surface area contributed by atoms with Crippen LogP contribution in [0.1, 0.15) is 35.6 Å². The van der Waals surface area contributed by atoms with Crippen molar-refractivity contribution in [2.24, 2.45) is 0 Å². The average molecular weight is 444 g/mol. The van der Waals surface area contributed by atoms with E-state index in [2.05, 4.69) is 46.8 Å². The molecule has 0 saturated heterocycles. The number of amides is 1. The van der Waals surface area contributed by atoms with Gasteiger partial charge in [0.2, 0.25) is 0 Å². The Balaban J connectivity index is 1.45. The summed E-state index contributed by atoms with van der Waals surface area (Å²) < 4.78 is 1.72. The summed E-state index contributed by atoms with van der Waals surface area (Å²) in [4.78, 5) is 13.9. The lowest BCUT2D eigenvalue weighted by molar-refractivity contribution is 0.0942. The maximum absolute atomic E-state index is 13.0. The Kier molecular flexibility index (Phi) is 6.66. The number of hydrogen-bond donors (Lipinski definition) is 1. The van der Waals surface area contributed by atoms with E-state index in [1.165, 1.54) is 5.56 Å². The van der Waals surface area contributed by atoms with Gasteiger partial charge in [-0.05, 0) is 40.3 Å². The van der Waals surface area contributed by atoms with E-state index in [9.17, 15) is 4.79 Å². The van der Waals surface area contributed by atoms with Gasteiger partial charge in [0.05, 0.1) is 17.0 Å². The Hall–Kier alpha value is -3.45. The van der Waals surface area contributed by atoms with Crippen molar-refractivity contribution in [3.05, 3.63) is 102 Å². The number of para-hydroxylation sites is 1. The lowest BCUT2D eigenvalue weighted by atomic mass is 9.84. The van der Waals surface area contributed by atoms with Gasteiger partial charge in [0.25, 0.3) is 5.91 Å². The molecular formula is C25H25N5OS. The van der Waals surface area contributed by atoms with E-state index in [1.54, 1.807) is 16.4 Å². The minimum atomic E-state index is -0.170. The van der Waals surface area contributed by atoms with Crippen LogP contribution in [0.25, 0.3) is 5.69 Å². The first-order valence-electron chi connectivity index (χ1n) is 10.4. The fourth-order valence-electron chi connectivity index (χ4n) is 3.38. The van der Waals surface area contributed by atoms with Crippen LogP contribution in [0.3, 0.4) is 0 Å². The Morgan fingerprint density at radius 3 is 2.34 bits per heavy atom. The number of nitrogens with one attached hydrogen (secondary N) is 1. The second kappa shape index (κ2) is 9.78. The van der Waals surface area contributed by atoms with E-state index in [0.717, 1.165) is 16.4 Å². The molecule has 0 unspecified atom stereocenters. The number of thioether (sulfide) groups is 1. The van der Waals surface area contributed by atoms with Crippen LogP contribution in [0.2, 0.25) is 0 Å². The molecule has 0 saturated carbocycles. The summed E-state index contributed by atoms with van der Waals surface area (Å²) in [5, 5.41) is 15.2. The zero-order chi connectivity index (χ0) is 22.4. The Morgan fingerprint density at radius 2 is 1.59 bits per heavy atom. The highest BCUT2D eigenvalue weighted by molar-refractivity contribution is 7.98. The highest BCUT2D eigenvalue weighted by Crippen LogP contribution is 2.27. The van der Waals surface area contributed by atoms with Crippen molar-refractivity contribution in [2.75, 3.05) is 6.54 Å². The van der Waals surface area contributed by atoms with Crippen LogP contribution < -0.4 is 5.32 Å². The molecule has 1 heterocycles. The number of rotatable bonds is 8. The van der Waals surface area contributed by atoms with Crippen LogP contribution in [-0.4, -0.2) is 32.7 Å². The molecule has 0 fully saturated rings. The summed E-state index contributed by atoms with van der Waals surface area (Å²) in [5.41, 5.74) is 2.58. The fraction of sp³-hybridized carbons (Fsp3) is 0.200. The molecule has 4 rings (SSSR count). The summed E-state index contributed by atoms with van der Waals surface area (Å²) in [6.07, 6.45) is 0. The molecule has 7 heteroatoms. The standard InChI is InChI=1S/C25H25N5OS/c1-25(2,19-11-5-3-6-12-19)18-26-24(31)21-15-9-10-16-22(21)32-17-23-27-28-29-30(23)20-13-7-4-8-14-20/h3-16H,17-18H2,1-2H3,(H,26,31). The summed E-state index contributed by atoms with van der Waals surface area (Å²) in [5.74, 6) is 1.18. The quantitative estimate of drug-likeness (QED) is 0.401. The van der Waals surface area contributed by atoms with Gasteiger partial charge in [-0.3, -0.25) is 4.79 Å². The molecule has 0 bridgehead atoms. The van der Waals surface area contributed by atoms with Gasteiger partial charge in [0.15, 0.2) is 5.82 Å².